The van der Waals surface area contributed by atoms with Gasteiger partial charge in [0.1, 0.15) is 6.61 Å². The van der Waals surface area contributed by atoms with Gasteiger partial charge in [-0.1, -0.05) is 6.92 Å². The summed E-state index contributed by atoms with van der Waals surface area (Å²) < 4.78 is 5.63. The van der Waals surface area contributed by atoms with Crippen molar-refractivity contribution in [2.24, 2.45) is 0 Å². The number of nitrogens with zero attached hydrogens (tertiary/aromatic N) is 3. The van der Waals surface area contributed by atoms with Gasteiger partial charge in [0.15, 0.2) is 0 Å². The number of likely N-dealkylation sites (N-methyl/N-ethyl adjacent to an activating group) is 1. The van der Waals surface area contributed by atoms with E-state index in [4.69, 9.17) is 4.74 Å². The molecular formula is C15H26N4O. The van der Waals surface area contributed by atoms with E-state index in [1.54, 1.807) is 0 Å². The lowest BCUT2D eigenvalue weighted by Crippen LogP contribution is -2.26. The largest absolute Gasteiger partial charge is 0.462 e. The quantitative estimate of drug-likeness (QED) is 0.698. The first-order valence-electron chi connectivity index (χ1n) is 7.57. The predicted molar refractivity (Wildman–Crippen MR) is 79.9 cm³/mol. The van der Waals surface area contributed by atoms with Crippen LogP contribution in [-0.4, -0.2) is 47.7 Å². The van der Waals surface area contributed by atoms with Crippen molar-refractivity contribution in [2.45, 2.75) is 45.7 Å². The van der Waals surface area contributed by atoms with Crippen LogP contribution in [0, 0.1) is 6.92 Å². The molecule has 1 N–H and O–H groups in total. The van der Waals surface area contributed by atoms with Crippen molar-refractivity contribution in [2.75, 3.05) is 26.7 Å². The molecule has 1 heterocycles. The van der Waals surface area contributed by atoms with Crippen molar-refractivity contribution >= 4 is 0 Å². The van der Waals surface area contributed by atoms with Crippen LogP contribution in [0.4, 0.5) is 0 Å². The van der Waals surface area contributed by atoms with Crippen LogP contribution >= 0.6 is 0 Å². The van der Waals surface area contributed by atoms with Crippen LogP contribution < -0.4 is 10.1 Å². The smallest absolute Gasteiger partial charge is 0.316 e. The Hall–Kier alpha value is -1.20. The normalized spacial score (nSPS) is 14.8. The monoisotopic (exact) mass is 278 g/mol. The van der Waals surface area contributed by atoms with Crippen molar-refractivity contribution in [1.82, 2.24) is 20.2 Å². The Balaban J connectivity index is 1.75. The van der Waals surface area contributed by atoms with E-state index in [0.717, 1.165) is 43.4 Å². The van der Waals surface area contributed by atoms with Gasteiger partial charge in [0, 0.05) is 36.6 Å². The van der Waals surface area contributed by atoms with E-state index in [1.165, 1.54) is 12.8 Å². The summed E-state index contributed by atoms with van der Waals surface area (Å²) in [4.78, 5) is 11.0. The molecule has 1 fully saturated rings. The summed E-state index contributed by atoms with van der Waals surface area (Å²) in [6, 6.07) is 1.26. The minimum atomic E-state index is 0.492. The molecule has 0 bridgehead atoms. The third-order valence-electron chi connectivity index (χ3n) is 3.65. The number of rotatable bonds is 9. The summed E-state index contributed by atoms with van der Waals surface area (Å²) in [7, 11) is 2.15. The lowest BCUT2D eigenvalue weighted by molar-refractivity contribution is 0.220. The molecule has 2 rings (SSSR count). The summed E-state index contributed by atoms with van der Waals surface area (Å²) in [5.41, 5.74) is 2.13. The first-order chi connectivity index (χ1) is 9.70. The zero-order valence-electron chi connectivity index (χ0n) is 12.9. The van der Waals surface area contributed by atoms with Crippen LogP contribution in [0.1, 0.15) is 37.4 Å². The molecule has 0 atom stereocenters. The maximum absolute atomic E-state index is 5.63. The topological polar surface area (TPSA) is 50.3 Å². The van der Waals surface area contributed by atoms with Gasteiger partial charge in [-0.2, -0.15) is 0 Å². The van der Waals surface area contributed by atoms with E-state index in [0.29, 0.717) is 12.6 Å². The highest BCUT2D eigenvalue weighted by Crippen LogP contribution is 2.24. The van der Waals surface area contributed by atoms with Gasteiger partial charge >= 0.3 is 6.01 Å². The molecule has 5 nitrogen and oxygen atoms in total. The Morgan fingerprint density at radius 2 is 2.25 bits per heavy atom. The Morgan fingerprint density at radius 3 is 2.90 bits per heavy atom. The standard InChI is InChI=1S/C15H26N4O/c1-4-7-16-10-13-11-17-15(18-12(13)2)20-9-8-19(3)14-5-6-14/h11,14,16H,4-10H2,1-3H3. The van der Waals surface area contributed by atoms with Crippen LogP contribution in [0.25, 0.3) is 0 Å². The Bertz CT molecular complexity index is 420. The molecule has 0 aliphatic heterocycles. The molecule has 20 heavy (non-hydrogen) atoms. The minimum absolute atomic E-state index is 0.492. The summed E-state index contributed by atoms with van der Waals surface area (Å²) >= 11 is 0. The second-order valence-electron chi connectivity index (χ2n) is 5.50. The predicted octanol–water partition coefficient (Wildman–Crippen LogP) is 1.76. The van der Waals surface area contributed by atoms with Crippen LogP contribution in [0.15, 0.2) is 6.20 Å². The van der Waals surface area contributed by atoms with E-state index in [9.17, 15) is 0 Å². The highest BCUT2D eigenvalue weighted by Gasteiger charge is 2.25. The van der Waals surface area contributed by atoms with Gasteiger partial charge in [-0.3, -0.25) is 0 Å². The second-order valence-corrected chi connectivity index (χ2v) is 5.50. The van der Waals surface area contributed by atoms with Gasteiger partial charge < -0.3 is 15.0 Å². The molecule has 0 spiro atoms. The molecule has 0 saturated heterocycles. The minimum Gasteiger partial charge on any atom is -0.462 e. The van der Waals surface area contributed by atoms with Crippen molar-refractivity contribution in [1.29, 1.82) is 0 Å². The van der Waals surface area contributed by atoms with E-state index in [-0.39, 0.29) is 0 Å². The Kier molecular flexibility index (Phi) is 5.73. The van der Waals surface area contributed by atoms with Crippen LogP contribution in [0.5, 0.6) is 6.01 Å². The van der Waals surface area contributed by atoms with Crippen LogP contribution in [-0.2, 0) is 6.54 Å². The maximum atomic E-state index is 5.63. The molecule has 1 saturated carbocycles. The SMILES string of the molecule is CCCNCc1cnc(OCCN(C)C2CC2)nc1C. The Morgan fingerprint density at radius 1 is 1.45 bits per heavy atom. The molecule has 1 aromatic rings. The summed E-state index contributed by atoms with van der Waals surface area (Å²) in [5.74, 6) is 0. The van der Waals surface area contributed by atoms with Gasteiger partial charge in [0.05, 0.1) is 0 Å². The van der Waals surface area contributed by atoms with Gasteiger partial charge in [0.25, 0.3) is 0 Å². The molecule has 1 aliphatic rings. The highest BCUT2D eigenvalue weighted by atomic mass is 16.5. The van der Waals surface area contributed by atoms with E-state index < -0.39 is 0 Å². The molecule has 1 aromatic heterocycles. The summed E-state index contributed by atoms with van der Waals surface area (Å²) in [5, 5.41) is 3.36. The second kappa shape index (κ2) is 7.55. The van der Waals surface area contributed by atoms with E-state index in [1.807, 2.05) is 13.1 Å². The van der Waals surface area contributed by atoms with Crippen LogP contribution in [0.3, 0.4) is 0 Å². The summed E-state index contributed by atoms with van der Waals surface area (Å²) in [6.45, 7) is 7.60. The molecule has 0 radical (unpaired) electrons. The molecule has 0 aromatic carbocycles. The number of aromatic nitrogens is 2. The lowest BCUT2D eigenvalue weighted by Gasteiger charge is -2.15. The maximum Gasteiger partial charge on any atom is 0.316 e. The Labute approximate surface area is 121 Å². The van der Waals surface area contributed by atoms with Crippen LogP contribution in [0.2, 0.25) is 0 Å². The van der Waals surface area contributed by atoms with Gasteiger partial charge in [-0.05, 0) is 39.8 Å². The van der Waals surface area contributed by atoms with Gasteiger partial charge in [-0.25, -0.2) is 9.97 Å². The highest BCUT2D eigenvalue weighted by molar-refractivity contribution is 5.17. The average Bonchev–Trinajstić information content (AvgIpc) is 3.25. The first kappa shape index (κ1) is 15.2. The fourth-order valence-electron chi connectivity index (χ4n) is 2.09. The molecular weight excluding hydrogens is 252 g/mol. The van der Waals surface area contributed by atoms with Gasteiger partial charge in [0.2, 0.25) is 0 Å². The fourth-order valence-corrected chi connectivity index (χ4v) is 2.09. The third-order valence-corrected chi connectivity index (χ3v) is 3.65. The van der Waals surface area contributed by atoms with Crippen molar-refractivity contribution in [3.63, 3.8) is 0 Å². The fraction of sp³-hybridized carbons (Fsp3) is 0.733. The number of ether oxygens (including phenoxy) is 1. The number of hydrogen-bond donors (Lipinski definition) is 1. The van der Waals surface area contributed by atoms with Crippen molar-refractivity contribution < 1.29 is 4.74 Å². The number of aryl methyl sites for hydroxylation is 1. The first-order valence-corrected chi connectivity index (χ1v) is 7.57. The number of hydrogen-bond acceptors (Lipinski definition) is 5. The molecule has 112 valence electrons. The zero-order valence-corrected chi connectivity index (χ0v) is 12.9. The lowest BCUT2D eigenvalue weighted by atomic mass is 10.2. The zero-order chi connectivity index (χ0) is 14.4. The molecule has 5 heteroatoms. The molecule has 1 aliphatic carbocycles. The van der Waals surface area contributed by atoms with Crippen molar-refractivity contribution in [3.8, 4) is 6.01 Å². The average molecular weight is 278 g/mol. The van der Waals surface area contributed by atoms with Crippen molar-refractivity contribution in [3.05, 3.63) is 17.5 Å². The number of nitrogens with one attached hydrogen (secondary N) is 1. The third kappa shape index (κ3) is 4.72. The summed E-state index contributed by atoms with van der Waals surface area (Å²) in [6.07, 6.45) is 5.65. The van der Waals surface area contributed by atoms with E-state index >= 15 is 0 Å². The van der Waals surface area contributed by atoms with E-state index in [2.05, 4.69) is 34.2 Å². The molecule has 0 unspecified atom stereocenters. The van der Waals surface area contributed by atoms with Gasteiger partial charge in [-0.15, -0.1) is 0 Å². The molecule has 0 amide bonds.